The van der Waals surface area contributed by atoms with Crippen molar-refractivity contribution < 1.29 is 14.3 Å². The molecule has 3 heterocycles. The highest BCUT2D eigenvalue weighted by Gasteiger charge is 2.23. The van der Waals surface area contributed by atoms with Gasteiger partial charge in [0, 0.05) is 49.8 Å². The van der Waals surface area contributed by atoms with Crippen molar-refractivity contribution in [3.63, 3.8) is 0 Å². The number of aromatic nitrogens is 4. The third-order valence-electron chi connectivity index (χ3n) is 7.64. The second-order valence-electron chi connectivity index (χ2n) is 11.9. The summed E-state index contributed by atoms with van der Waals surface area (Å²) in [6.45, 7) is 11.0. The van der Waals surface area contributed by atoms with Crippen LogP contribution >= 0.6 is 0 Å². The van der Waals surface area contributed by atoms with Crippen LogP contribution in [-0.2, 0) is 22.7 Å². The molecule has 10 heteroatoms. The van der Waals surface area contributed by atoms with Crippen LogP contribution in [0.2, 0.25) is 0 Å². The quantitative estimate of drug-likeness (QED) is 0.356. The molecule has 2 bridgehead atoms. The van der Waals surface area contributed by atoms with Crippen LogP contribution in [-0.4, -0.2) is 68.3 Å². The van der Waals surface area contributed by atoms with Gasteiger partial charge in [0.1, 0.15) is 17.6 Å². The first kappa shape index (κ1) is 31.0. The molecule has 0 spiro atoms. The summed E-state index contributed by atoms with van der Waals surface area (Å²) >= 11 is 0. The fourth-order valence-electron chi connectivity index (χ4n) is 5.67. The molecule has 2 amide bonds. The van der Waals surface area contributed by atoms with Gasteiger partial charge >= 0.3 is 0 Å². The van der Waals surface area contributed by atoms with Gasteiger partial charge < -0.3 is 19.9 Å². The van der Waals surface area contributed by atoms with Crippen LogP contribution < -0.4 is 15.4 Å². The van der Waals surface area contributed by atoms with E-state index in [1.54, 1.807) is 6.20 Å². The van der Waals surface area contributed by atoms with E-state index in [4.69, 9.17) is 4.74 Å². The highest BCUT2D eigenvalue weighted by molar-refractivity contribution is 5.88. The van der Waals surface area contributed by atoms with Gasteiger partial charge in [0.2, 0.25) is 11.8 Å². The minimum absolute atomic E-state index is 0.167. The van der Waals surface area contributed by atoms with Crippen molar-refractivity contribution >= 4 is 11.8 Å². The predicted molar refractivity (Wildman–Crippen MR) is 170 cm³/mol. The average Bonchev–Trinajstić information content (AvgIpc) is 3.59. The molecule has 0 saturated carbocycles. The highest BCUT2D eigenvalue weighted by Crippen LogP contribution is 2.23. The van der Waals surface area contributed by atoms with Crippen molar-refractivity contribution in [3.05, 3.63) is 83.9 Å². The van der Waals surface area contributed by atoms with Gasteiger partial charge in [0.15, 0.2) is 0 Å². The fourth-order valence-corrected chi connectivity index (χ4v) is 5.67. The second-order valence-corrected chi connectivity index (χ2v) is 11.9. The van der Waals surface area contributed by atoms with E-state index in [9.17, 15) is 9.59 Å². The van der Waals surface area contributed by atoms with Crippen molar-refractivity contribution in [1.82, 2.24) is 34.9 Å². The molecular formula is C34H43N7O3. The number of imidazole rings is 1. The number of carbonyl (C=O) groups excluding carboxylic acids is 2. The molecular weight excluding hydrogens is 554 g/mol. The molecule has 0 radical (unpaired) electrons. The first-order valence-corrected chi connectivity index (χ1v) is 15.4. The van der Waals surface area contributed by atoms with Crippen molar-refractivity contribution in [2.24, 2.45) is 5.92 Å². The van der Waals surface area contributed by atoms with Crippen LogP contribution in [0.25, 0.3) is 17.1 Å². The van der Waals surface area contributed by atoms with Gasteiger partial charge in [-0.25, -0.2) is 9.67 Å². The second kappa shape index (κ2) is 14.4. The van der Waals surface area contributed by atoms with Gasteiger partial charge in [0.25, 0.3) is 0 Å². The number of hydrogen-bond donors (Lipinski definition) is 2. The lowest BCUT2D eigenvalue weighted by atomic mass is 10.0. The Morgan fingerprint density at radius 3 is 2.68 bits per heavy atom. The first-order valence-electron chi connectivity index (χ1n) is 15.4. The largest absolute Gasteiger partial charge is 0.494 e. The number of hydrogen-bond acceptors (Lipinski definition) is 6. The topological polar surface area (TPSA) is 106 Å². The van der Waals surface area contributed by atoms with E-state index >= 15 is 0 Å². The average molecular weight is 598 g/mol. The summed E-state index contributed by atoms with van der Waals surface area (Å²) < 4.78 is 10.1. The lowest BCUT2D eigenvalue weighted by Crippen LogP contribution is -2.50. The smallest absolute Gasteiger partial charge is 0.242 e. The lowest BCUT2D eigenvalue weighted by molar-refractivity contribution is -0.130. The molecule has 232 valence electrons. The zero-order chi connectivity index (χ0) is 31.1. The molecule has 4 aromatic rings. The van der Waals surface area contributed by atoms with Gasteiger partial charge in [-0.1, -0.05) is 38.1 Å². The summed E-state index contributed by atoms with van der Waals surface area (Å²) in [5, 5.41) is 10.7. The molecule has 2 aromatic carbocycles. The number of benzene rings is 2. The maximum Gasteiger partial charge on any atom is 0.242 e. The van der Waals surface area contributed by atoms with Gasteiger partial charge in [-0.05, 0) is 68.5 Å². The Labute approximate surface area is 259 Å². The lowest BCUT2D eigenvalue weighted by Gasteiger charge is -2.25. The normalized spacial score (nSPS) is 17.2. The summed E-state index contributed by atoms with van der Waals surface area (Å²) in [6.07, 6.45) is 4.94. The fraction of sp³-hybridized carbons (Fsp3) is 0.412. The monoisotopic (exact) mass is 597 g/mol. The minimum atomic E-state index is -0.611. The van der Waals surface area contributed by atoms with E-state index in [0.717, 1.165) is 46.2 Å². The molecule has 1 atom stereocenters. The highest BCUT2D eigenvalue weighted by atomic mass is 16.5. The summed E-state index contributed by atoms with van der Waals surface area (Å²) in [7, 11) is 0. The number of ether oxygens (including phenoxy) is 1. The Morgan fingerprint density at radius 1 is 1.05 bits per heavy atom. The van der Waals surface area contributed by atoms with Crippen LogP contribution in [0.5, 0.6) is 5.75 Å². The predicted octanol–water partition coefficient (Wildman–Crippen LogP) is 4.28. The number of fused-ring (bicyclic) bond motifs is 4. The maximum atomic E-state index is 13.4. The molecule has 2 aromatic heterocycles. The summed E-state index contributed by atoms with van der Waals surface area (Å²) in [4.78, 5) is 33.3. The third-order valence-corrected chi connectivity index (χ3v) is 7.64. The van der Waals surface area contributed by atoms with Crippen LogP contribution in [0.15, 0.2) is 67.0 Å². The number of nitrogens with one attached hydrogen (secondary N) is 2. The van der Waals surface area contributed by atoms with E-state index in [0.29, 0.717) is 39.2 Å². The van der Waals surface area contributed by atoms with Crippen LogP contribution in [0.1, 0.15) is 43.6 Å². The number of nitrogens with zero attached hydrogens (tertiary/aromatic N) is 5. The zero-order valence-corrected chi connectivity index (χ0v) is 26.1. The first-order chi connectivity index (χ1) is 21.2. The molecule has 2 N–H and O–H groups in total. The zero-order valence-electron chi connectivity index (χ0n) is 26.1. The summed E-state index contributed by atoms with van der Waals surface area (Å²) in [5.41, 5.74) is 5.04. The van der Waals surface area contributed by atoms with E-state index in [1.165, 1.54) is 0 Å². The van der Waals surface area contributed by atoms with Gasteiger partial charge in [-0.2, -0.15) is 5.10 Å². The Hall–Kier alpha value is -4.44. The third kappa shape index (κ3) is 8.13. The van der Waals surface area contributed by atoms with E-state index < -0.39 is 6.04 Å². The van der Waals surface area contributed by atoms with Gasteiger partial charge in [-0.3, -0.25) is 14.5 Å². The molecule has 0 fully saturated rings. The molecule has 1 aliphatic heterocycles. The Balaban J connectivity index is 1.37. The summed E-state index contributed by atoms with van der Waals surface area (Å²) in [5.74, 6) is 1.47. The van der Waals surface area contributed by atoms with Crippen molar-refractivity contribution in [1.29, 1.82) is 0 Å². The Kier molecular flexibility index (Phi) is 10.1. The Morgan fingerprint density at radius 2 is 1.89 bits per heavy atom. The summed E-state index contributed by atoms with van der Waals surface area (Å²) in [6, 6.07) is 17.6. The molecule has 10 nitrogen and oxygen atoms in total. The molecule has 44 heavy (non-hydrogen) atoms. The molecule has 0 saturated heterocycles. The standard InChI is InChI=1S/C34H43N7O3/c1-24(2)18-31-34(43)36-13-16-40-15-12-35-33(40)28-9-6-11-30(21-28)44-17-7-14-39(23-32(42)37-31)22-27-8-5-10-29(20-27)41-26(4)19-25(3)38-41/h5-6,8-12,15,19-21,24,31H,7,13-14,16-18,22-23H2,1-4H3,(H,36,43)(H,37,42)/t31-/m1/s1. The van der Waals surface area contributed by atoms with E-state index in [2.05, 4.69) is 57.7 Å². The van der Waals surface area contributed by atoms with Gasteiger partial charge in [-0.15, -0.1) is 0 Å². The van der Waals surface area contributed by atoms with Crippen molar-refractivity contribution in [3.8, 4) is 22.8 Å². The number of aryl methyl sites for hydroxylation is 2. The minimum Gasteiger partial charge on any atom is -0.494 e. The van der Waals surface area contributed by atoms with E-state index in [-0.39, 0.29) is 24.3 Å². The molecule has 5 rings (SSSR count). The Bertz CT molecular complexity index is 1570. The number of amides is 2. The number of rotatable bonds is 5. The number of carbonyl (C=O) groups is 2. The molecule has 0 unspecified atom stereocenters. The maximum absolute atomic E-state index is 13.4. The van der Waals surface area contributed by atoms with Crippen LogP contribution in [0, 0.1) is 19.8 Å². The van der Waals surface area contributed by atoms with Crippen LogP contribution in [0.4, 0.5) is 0 Å². The SMILES string of the molecule is Cc1cc(C)n(-c2cccc(CN3CCCOc4cccc(c4)-c4nccn4CCNC(=O)[C@@H](CC(C)C)NC(=O)C3)c2)n1. The van der Waals surface area contributed by atoms with Crippen molar-refractivity contribution in [2.75, 3.05) is 26.2 Å². The molecule has 1 aliphatic rings. The van der Waals surface area contributed by atoms with E-state index in [1.807, 2.05) is 65.7 Å². The molecule has 0 aliphatic carbocycles. The van der Waals surface area contributed by atoms with Gasteiger partial charge in [0.05, 0.1) is 24.5 Å². The van der Waals surface area contributed by atoms with Crippen LogP contribution in [0.3, 0.4) is 0 Å². The van der Waals surface area contributed by atoms with Crippen molar-refractivity contribution in [2.45, 2.75) is 59.7 Å².